The van der Waals surface area contributed by atoms with E-state index in [4.69, 9.17) is 10.5 Å². The molecule has 0 unspecified atom stereocenters. The summed E-state index contributed by atoms with van der Waals surface area (Å²) >= 11 is 0. The second-order valence-electron chi connectivity index (χ2n) is 10.6. The van der Waals surface area contributed by atoms with E-state index < -0.39 is 15.9 Å². The van der Waals surface area contributed by atoms with Gasteiger partial charge in [0.1, 0.15) is 5.69 Å². The minimum Gasteiger partial charge on any atom is -0.492 e. The molecule has 3 aromatic rings. The van der Waals surface area contributed by atoms with E-state index in [0.717, 1.165) is 28.8 Å². The Kier molecular flexibility index (Phi) is 7.06. The Morgan fingerprint density at radius 2 is 1.90 bits per heavy atom. The molecule has 208 valence electrons. The molecule has 13 heteroatoms. The van der Waals surface area contributed by atoms with E-state index in [9.17, 15) is 13.2 Å². The molecule has 0 bridgehead atoms. The molecule has 1 aliphatic heterocycles. The van der Waals surface area contributed by atoms with Gasteiger partial charge in [-0.2, -0.15) is 5.10 Å². The Balaban J connectivity index is 1.93. The molecule has 0 aliphatic carbocycles. The van der Waals surface area contributed by atoms with Gasteiger partial charge in [-0.1, -0.05) is 26.0 Å². The minimum atomic E-state index is -3.61. The highest BCUT2D eigenvalue weighted by Gasteiger charge is 2.29. The Hall–Kier alpha value is -4.13. The average molecular weight is 555 g/mol. The van der Waals surface area contributed by atoms with Crippen molar-refractivity contribution in [2.45, 2.75) is 40.0 Å². The van der Waals surface area contributed by atoms with Crippen LogP contribution in [0.25, 0.3) is 17.0 Å². The number of sulfonamides is 1. The van der Waals surface area contributed by atoms with Gasteiger partial charge in [-0.05, 0) is 43.0 Å². The predicted molar refractivity (Wildman–Crippen MR) is 151 cm³/mol. The molecule has 0 atom stereocenters. The summed E-state index contributed by atoms with van der Waals surface area (Å²) < 4.78 is 36.1. The van der Waals surface area contributed by atoms with Crippen LogP contribution in [0.2, 0.25) is 0 Å². The lowest BCUT2D eigenvalue weighted by molar-refractivity contribution is -0.114. The fraction of sp³-hybridized carbons (Fsp3) is 0.385. The van der Waals surface area contributed by atoms with Crippen molar-refractivity contribution in [2.24, 2.45) is 12.8 Å². The van der Waals surface area contributed by atoms with Crippen molar-refractivity contribution in [3.63, 3.8) is 0 Å². The van der Waals surface area contributed by atoms with Gasteiger partial charge < -0.3 is 15.4 Å². The second-order valence-corrected chi connectivity index (χ2v) is 12.4. The maximum Gasteiger partial charge on any atom is 0.246 e. The summed E-state index contributed by atoms with van der Waals surface area (Å²) in [4.78, 5) is 14.3. The van der Waals surface area contributed by atoms with E-state index in [0.29, 0.717) is 34.1 Å². The molecule has 3 N–H and O–H groups in total. The third-order valence-corrected chi connectivity index (χ3v) is 7.30. The number of anilines is 2. The van der Waals surface area contributed by atoms with Gasteiger partial charge in [0, 0.05) is 29.6 Å². The van der Waals surface area contributed by atoms with E-state index in [1.165, 1.54) is 7.11 Å². The topological polar surface area (TPSA) is 150 Å². The zero-order valence-electron chi connectivity index (χ0n) is 23.4. The van der Waals surface area contributed by atoms with E-state index in [1.54, 1.807) is 33.9 Å². The number of rotatable bonds is 7. The highest BCUT2D eigenvalue weighted by Crippen LogP contribution is 2.44. The van der Waals surface area contributed by atoms with Crippen LogP contribution >= 0.6 is 0 Å². The van der Waals surface area contributed by atoms with Crippen LogP contribution in [0, 0.1) is 6.92 Å². The summed E-state index contributed by atoms with van der Waals surface area (Å²) in [5.74, 6) is -0.281. The van der Waals surface area contributed by atoms with Crippen molar-refractivity contribution in [2.75, 3.05) is 29.5 Å². The maximum atomic E-state index is 12.4. The van der Waals surface area contributed by atoms with Crippen LogP contribution in [0.5, 0.6) is 5.75 Å². The molecule has 0 spiro atoms. The van der Waals surface area contributed by atoms with E-state index in [-0.39, 0.29) is 12.0 Å². The number of aryl methyl sites for hydroxylation is 1. The standard InChI is InChI=1S/C26H34N8O4S/c1-15-19(12-28-32(15)6)21-14-34(31-29-21)22-9-17(25(27)35)13-33(16(22)2)23-11-18(26(3,4)5)10-20(24(23)38-7)30-39(8,36)37/h9-12,14,30H,13H2,1-8H3,(H2,27,35). The van der Waals surface area contributed by atoms with E-state index in [2.05, 4.69) is 20.1 Å². The molecule has 0 fully saturated rings. The first-order valence-corrected chi connectivity index (χ1v) is 14.1. The molecule has 4 rings (SSSR count). The summed E-state index contributed by atoms with van der Waals surface area (Å²) in [6, 6.07) is 3.70. The molecular formula is C26H34N8O4S. The number of primary amides is 1. The maximum absolute atomic E-state index is 12.4. The monoisotopic (exact) mass is 554 g/mol. The number of methoxy groups -OCH3 is 1. The first-order valence-electron chi connectivity index (χ1n) is 12.2. The minimum absolute atomic E-state index is 0.149. The summed E-state index contributed by atoms with van der Waals surface area (Å²) in [6.07, 6.45) is 6.27. The van der Waals surface area contributed by atoms with Crippen LogP contribution in [0.3, 0.4) is 0 Å². The van der Waals surface area contributed by atoms with Gasteiger partial charge in [-0.25, -0.2) is 13.1 Å². The van der Waals surface area contributed by atoms with E-state index >= 15 is 0 Å². The van der Waals surface area contributed by atoms with Crippen molar-refractivity contribution in [1.29, 1.82) is 0 Å². The van der Waals surface area contributed by atoms with Crippen LogP contribution in [-0.2, 0) is 27.3 Å². The van der Waals surface area contributed by atoms with Crippen molar-refractivity contribution >= 4 is 33.0 Å². The lowest BCUT2D eigenvalue weighted by Crippen LogP contribution is -2.34. The average Bonchev–Trinajstić information content (AvgIpc) is 3.43. The fourth-order valence-electron chi connectivity index (χ4n) is 4.38. The Morgan fingerprint density at radius 3 is 2.44 bits per heavy atom. The molecule has 0 saturated carbocycles. The summed E-state index contributed by atoms with van der Waals surface area (Å²) in [7, 11) is -0.292. The summed E-state index contributed by atoms with van der Waals surface area (Å²) in [6.45, 7) is 10.1. The van der Waals surface area contributed by atoms with Gasteiger partial charge in [0.2, 0.25) is 15.9 Å². The van der Waals surface area contributed by atoms with Crippen molar-refractivity contribution < 1.29 is 17.9 Å². The molecule has 1 aliphatic rings. The molecule has 39 heavy (non-hydrogen) atoms. The van der Waals surface area contributed by atoms with Crippen molar-refractivity contribution in [3.8, 4) is 17.0 Å². The zero-order valence-corrected chi connectivity index (χ0v) is 24.2. The molecular weight excluding hydrogens is 520 g/mol. The smallest absolute Gasteiger partial charge is 0.246 e. The molecule has 3 heterocycles. The molecule has 2 aromatic heterocycles. The van der Waals surface area contributed by atoms with Crippen LogP contribution in [-0.4, -0.2) is 59.0 Å². The predicted octanol–water partition coefficient (Wildman–Crippen LogP) is 2.79. The van der Waals surface area contributed by atoms with Gasteiger partial charge >= 0.3 is 0 Å². The number of hydrogen-bond donors (Lipinski definition) is 2. The number of nitrogens with zero attached hydrogens (tertiary/aromatic N) is 6. The van der Waals surface area contributed by atoms with Crippen LogP contribution in [0.1, 0.15) is 39.0 Å². The number of allylic oxidation sites excluding steroid dienone is 3. The highest BCUT2D eigenvalue weighted by atomic mass is 32.2. The Labute approximate surface area is 228 Å². The summed E-state index contributed by atoms with van der Waals surface area (Å²) in [5, 5.41) is 12.9. The Morgan fingerprint density at radius 1 is 1.21 bits per heavy atom. The largest absolute Gasteiger partial charge is 0.492 e. The third kappa shape index (κ3) is 5.53. The van der Waals surface area contributed by atoms with Crippen LogP contribution in [0.15, 0.2) is 41.9 Å². The third-order valence-electron chi connectivity index (χ3n) is 6.71. The first-order chi connectivity index (χ1) is 18.1. The first kappa shape index (κ1) is 27.9. The molecule has 0 saturated heterocycles. The molecule has 12 nitrogen and oxygen atoms in total. The number of benzene rings is 1. The van der Waals surface area contributed by atoms with Crippen molar-refractivity contribution in [3.05, 3.63) is 53.1 Å². The van der Waals surface area contributed by atoms with Gasteiger partial charge in [0.25, 0.3) is 0 Å². The molecule has 1 aromatic carbocycles. The number of aromatic nitrogens is 5. The Bertz CT molecular complexity index is 1620. The number of carbonyl (C=O) groups is 1. The van der Waals surface area contributed by atoms with Crippen LogP contribution in [0.4, 0.5) is 11.4 Å². The number of nitrogens with one attached hydrogen (secondary N) is 1. The van der Waals surface area contributed by atoms with Gasteiger partial charge in [0.15, 0.2) is 5.75 Å². The van der Waals surface area contributed by atoms with Gasteiger partial charge in [0.05, 0.1) is 49.4 Å². The van der Waals surface area contributed by atoms with Crippen molar-refractivity contribution in [1.82, 2.24) is 24.8 Å². The lowest BCUT2D eigenvalue weighted by atomic mass is 9.86. The molecule has 1 amide bonds. The quantitative estimate of drug-likeness (QED) is 0.453. The van der Waals surface area contributed by atoms with Gasteiger partial charge in [-0.15, -0.1) is 5.10 Å². The molecule has 0 radical (unpaired) electrons. The highest BCUT2D eigenvalue weighted by molar-refractivity contribution is 7.92. The summed E-state index contributed by atoms with van der Waals surface area (Å²) in [5.41, 5.74) is 11.2. The number of hydrogen-bond acceptors (Lipinski definition) is 8. The second kappa shape index (κ2) is 9.88. The number of carbonyl (C=O) groups excluding carboxylic acids is 1. The number of nitrogens with two attached hydrogens (primary N) is 1. The fourth-order valence-corrected chi connectivity index (χ4v) is 4.93. The van der Waals surface area contributed by atoms with E-state index in [1.807, 2.05) is 52.6 Å². The zero-order chi connectivity index (χ0) is 28.9. The lowest BCUT2D eigenvalue weighted by Gasteiger charge is -2.34. The van der Waals surface area contributed by atoms with Gasteiger partial charge in [-0.3, -0.25) is 14.2 Å². The van der Waals surface area contributed by atoms with Crippen LogP contribution < -0.4 is 20.1 Å². The number of ether oxygens (including phenoxy) is 1. The normalized spacial score (nSPS) is 14.5. The number of amides is 1. The SMILES string of the molecule is COc1c(NS(C)(=O)=O)cc(C(C)(C)C)cc1N1CC(C(N)=O)=CC(n2cc(-c3cnn(C)c3C)nn2)=C1C.